The van der Waals surface area contributed by atoms with Gasteiger partial charge in [-0.25, -0.2) is 9.07 Å². The molecule has 39 heavy (non-hydrogen) atoms. The number of nitrogens with one attached hydrogen (secondary N) is 1. The summed E-state index contributed by atoms with van der Waals surface area (Å²) in [6.45, 7) is -0.263. The maximum absolute atomic E-state index is 15.4. The van der Waals surface area contributed by atoms with Crippen LogP contribution < -0.4 is 19.7 Å². The van der Waals surface area contributed by atoms with Crippen LogP contribution in [0.1, 0.15) is 37.3 Å². The highest BCUT2D eigenvalue weighted by Crippen LogP contribution is 2.37. The Morgan fingerprint density at radius 2 is 1.79 bits per heavy atom. The van der Waals surface area contributed by atoms with Crippen LogP contribution in [0.4, 0.5) is 10.1 Å². The molecule has 1 heterocycles. The SMILES string of the molecule is COc1ccc([C@@H](C(=O)NC2CCCC2)N(C(=O)Cn2nnc3ccccc32)c2ccccc2F)c(OC)c1. The lowest BCUT2D eigenvalue weighted by Gasteiger charge is -2.33. The van der Waals surface area contributed by atoms with Crippen LogP contribution in [0, 0.1) is 5.82 Å². The fraction of sp³-hybridized carbons (Fsp3) is 0.310. The number of para-hydroxylation sites is 2. The molecule has 0 aliphatic heterocycles. The second-order valence-electron chi connectivity index (χ2n) is 9.45. The number of hydrogen-bond acceptors (Lipinski definition) is 6. The van der Waals surface area contributed by atoms with Crippen molar-refractivity contribution >= 4 is 28.5 Å². The average Bonchev–Trinajstić information content (AvgIpc) is 3.62. The van der Waals surface area contributed by atoms with Gasteiger partial charge < -0.3 is 14.8 Å². The molecule has 1 atom stereocenters. The maximum atomic E-state index is 15.4. The first-order valence-corrected chi connectivity index (χ1v) is 12.9. The summed E-state index contributed by atoms with van der Waals surface area (Å²) >= 11 is 0. The third-order valence-electron chi connectivity index (χ3n) is 7.03. The summed E-state index contributed by atoms with van der Waals surface area (Å²) in [6.07, 6.45) is 3.71. The lowest BCUT2D eigenvalue weighted by Crippen LogP contribution is -2.47. The summed E-state index contributed by atoms with van der Waals surface area (Å²) < 4.78 is 27.8. The molecule has 2 amide bonds. The number of fused-ring (bicyclic) bond motifs is 1. The van der Waals surface area contributed by atoms with Gasteiger partial charge >= 0.3 is 0 Å². The molecule has 1 N–H and O–H groups in total. The predicted molar refractivity (Wildman–Crippen MR) is 144 cm³/mol. The number of carbonyl (C=O) groups is 2. The Labute approximate surface area is 225 Å². The van der Waals surface area contributed by atoms with E-state index in [-0.39, 0.29) is 18.3 Å². The van der Waals surface area contributed by atoms with Crippen molar-refractivity contribution in [3.8, 4) is 11.5 Å². The summed E-state index contributed by atoms with van der Waals surface area (Å²) in [7, 11) is 3.00. The van der Waals surface area contributed by atoms with Crippen LogP contribution in [0.2, 0.25) is 0 Å². The van der Waals surface area contributed by atoms with Crippen LogP contribution in [0.5, 0.6) is 11.5 Å². The van der Waals surface area contributed by atoms with E-state index in [1.165, 1.54) is 42.0 Å². The number of carbonyl (C=O) groups excluding carboxylic acids is 2. The van der Waals surface area contributed by atoms with Gasteiger partial charge in [0, 0.05) is 17.7 Å². The molecule has 3 aromatic carbocycles. The van der Waals surface area contributed by atoms with Crippen LogP contribution in [0.25, 0.3) is 11.0 Å². The van der Waals surface area contributed by atoms with Crippen LogP contribution in [0.3, 0.4) is 0 Å². The van der Waals surface area contributed by atoms with Crippen LogP contribution in [-0.2, 0) is 16.1 Å². The molecule has 0 saturated heterocycles. The van der Waals surface area contributed by atoms with Gasteiger partial charge in [-0.05, 0) is 49.2 Å². The summed E-state index contributed by atoms with van der Waals surface area (Å²) in [6, 6.07) is 16.9. The highest BCUT2D eigenvalue weighted by molar-refractivity contribution is 6.02. The van der Waals surface area contributed by atoms with Crippen molar-refractivity contribution in [1.29, 1.82) is 0 Å². The zero-order valence-corrected chi connectivity index (χ0v) is 21.8. The number of methoxy groups -OCH3 is 2. The molecule has 10 heteroatoms. The summed E-state index contributed by atoms with van der Waals surface area (Å²) in [5.41, 5.74) is 1.63. The molecule has 4 aromatic rings. The third kappa shape index (κ3) is 5.41. The molecule has 1 saturated carbocycles. The number of ether oxygens (including phenoxy) is 2. The Balaban J connectivity index is 1.63. The van der Waals surface area contributed by atoms with Crippen LogP contribution in [0.15, 0.2) is 66.7 Å². The standard InChI is InChI=1S/C29H30FN5O4/c1-38-20-15-16-21(26(17-20)39-2)28(29(37)31-19-9-3-4-10-19)35(24-13-7-5-11-22(24)30)27(36)18-34-25-14-8-6-12-23(25)32-33-34/h5-8,11-17,19,28H,3-4,9-10,18H2,1-2H3,(H,31,37)/t28-/m0/s1. The number of halogens is 1. The van der Waals surface area contributed by atoms with E-state index in [1.54, 1.807) is 36.4 Å². The normalized spacial score (nSPS) is 14.2. The van der Waals surface area contributed by atoms with E-state index in [2.05, 4.69) is 15.6 Å². The number of rotatable bonds is 9. The Morgan fingerprint density at radius 1 is 1.05 bits per heavy atom. The summed E-state index contributed by atoms with van der Waals surface area (Å²) in [5.74, 6) is -0.754. The van der Waals surface area contributed by atoms with Crippen molar-refractivity contribution < 1.29 is 23.5 Å². The van der Waals surface area contributed by atoms with E-state index >= 15 is 4.39 Å². The van der Waals surface area contributed by atoms with Gasteiger partial charge in [0.1, 0.15) is 35.4 Å². The number of anilines is 1. The molecular weight excluding hydrogens is 501 g/mol. The number of nitrogens with zero attached hydrogens (tertiary/aromatic N) is 4. The Bertz CT molecular complexity index is 1480. The minimum atomic E-state index is -1.23. The van der Waals surface area contributed by atoms with Crippen molar-refractivity contribution in [3.05, 3.63) is 78.1 Å². The van der Waals surface area contributed by atoms with Gasteiger partial charge in [0.05, 0.1) is 25.4 Å². The summed E-state index contributed by atoms with van der Waals surface area (Å²) in [4.78, 5) is 29.3. The molecule has 0 bridgehead atoms. The maximum Gasteiger partial charge on any atom is 0.249 e. The Kier molecular flexibility index (Phi) is 7.72. The van der Waals surface area contributed by atoms with Gasteiger partial charge in [-0.2, -0.15) is 0 Å². The average molecular weight is 532 g/mol. The molecule has 202 valence electrons. The minimum Gasteiger partial charge on any atom is -0.497 e. The second-order valence-corrected chi connectivity index (χ2v) is 9.45. The molecule has 1 fully saturated rings. The molecule has 1 aliphatic rings. The molecular formula is C29H30FN5O4. The highest BCUT2D eigenvalue weighted by atomic mass is 19.1. The zero-order valence-electron chi connectivity index (χ0n) is 21.8. The van der Waals surface area contributed by atoms with Crippen molar-refractivity contribution in [2.45, 2.75) is 44.3 Å². The van der Waals surface area contributed by atoms with Gasteiger partial charge in [0.2, 0.25) is 11.8 Å². The van der Waals surface area contributed by atoms with Crippen molar-refractivity contribution in [2.24, 2.45) is 0 Å². The largest absolute Gasteiger partial charge is 0.497 e. The summed E-state index contributed by atoms with van der Waals surface area (Å²) in [5, 5.41) is 11.4. The van der Waals surface area contributed by atoms with E-state index in [9.17, 15) is 9.59 Å². The lowest BCUT2D eigenvalue weighted by molar-refractivity contribution is -0.127. The first-order chi connectivity index (χ1) is 19.0. The number of amides is 2. The van der Waals surface area contributed by atoms with Gasteiger partial charge in [0.15, 0.2) is 0 Å². The second kappa shape index (κ2) is 11.5. The van der Waals surface area contributed by atoms with Crippen molar-refractivity contribution in [2.75, 3.05) is 19.1 Å². The molecule has 0 spiro atoms. The highest BCUT2D eigenvalue weighted by Gasteiger charge is 2.37. The number of benzene rings is 3. The van der Waals surface area contributed by atoms with E-state index in [4.69, 9.17) is 9.47 Å². The Morgan fingerprint density at radius 3 is 2.54 bits per heavy atom. The fourth-order valence-corrected chi connectivity index (χ4v) is 5.10. The zero-order chi connectivity index (χ0) is 27.4. The number of hydrogen-bond donors (Lipinski definition) is 1. The predicted octanol–water partition coefficient (Wildman–Crippen LogP) is 4.42. The van der Waals surface area contributed by atoms with Crippen molar-refractivity contribution in [1.82, 2.24) is 20.3 Å². The quantitative estimate of drug-likeness (QED) is 0.343. The molecule has 1 aliphatic carbocycles. The fourth-order valence-electron chi connectivity index (χ4n) is 5.10. The van der Waals surface area contributed by atoms with Gasteiger partial charge in [-0.15, -0.1) is 5.10 Å². The molecule has 5 rings (SSSR count). The van der Waals surface area contributed by atoms with E-state index in [1.807, 2.05) is 12.1 Å². The topological polar surface area (TPSA) is 98.6 Å². The van der Waals surface area contributed by atoms with Gasteiger partial charge in [-0.3, -0.25) is 14.5 Å². The van der Waals surface area contributed by atoms with E-state index in [0.717, 1.165) is 25.7 Å². The third-order valence-corrected chi connectivity index (χ3v) is 7.03. The Hall–Kier alpha value is -4.47. The monoisotopic (exact) mass is 531 g/mol. The first kappa shape index (κ1) is 26.1. The van der Waals surface area contributed by atoms with E-state index < -0.39 is 23.7 Å². The van der Waals surface area contributed by atoms with Crippen molar-refractivity contribution in [3.63, 3.8) is 0 Å². The molecule has 0 radical (unpaired) electrons. The lowest BCUT2D eigenvalue weighted by atomic mass is 10.0. The van der Waals surface area contributed by atoms with Crippen LogP contribution >= 0.6 is 0 Å². The molecule has 9 nitrogen and oxygen atoms in total. The van der Waals surface area contributed by atoms with Gasteiger partial charge in [-0.1, -0.05) is 42.3 Å². The number of aromatic nitrogens is 3. The first-order valence-electron chi connectivity index (χ1n) is 12.9. The van der Waals surface area contributed by atoms with Gasteiger partial charge in [0.25, 0.3) is 0 Å². The molecule has 0 unspecified atom stereocenters. The smallest absolute Gasteiger partial charge is 0.249 e. The minimum absolute atomic E-state index is 0.0268. The van der Waals surface area contributed by atoms with Crippen LogP contribution in [-0.4, -0.2) is 47.1 Å². The molecule has 1 aromatic heterocycles. The van der Waals surface area contributed by atoms with E-state index in [0.29, 0.717) is 28.1 Å².